The number of rotatable bonds is 5. The van der Waals surface area contributed by atoms with Gasteiger partial charge in [0.25, 0.3) is 0 Å². The van der Waals surface area contributed by atoms with Gasteiger partial charge in [-0.05, 0) is 30.0 Å². The molecule has 0 radical (unpaired) electrons. The van der Waals surface area contributed by atoms with Gasteiger partial charge in [-0.1, -0.05) is 30.0 Å². The van der Waals surface area contributed by atoms with E-state index in [1.807, 2.05) is 18.4 Å². The van der Waals surface area contributed by atoms with E-state index in [2.05, 4.69) is 16.4 Å². The molecule has 24 heavy (non-hydrogen) atoms. The van der Waals surface area contributed by atoms with Crippen LogP contribution in [0.15, 0.2) is 40.7 Å². The van der Waals surface area contributed by atoms with Gasteiger partial charge in [-0.2, -0.15) is 0 Å². The summed E-state index contributed by atoms with van der Waals surface area (Å²) >= 11 is 3.31. The molecule has 3 aromatic rings. The molecule has 1 heterocycles. The summed E-state index contributed by atoms with van der Waals surface area (Å²) in [5.41, 5.74) is 9.58. The third-order valence-corrected chi connectivity index (χ3v) is 5.62. The number of ether oxygens (including phenoxy) is 1. The molecular formula is C17H17N3O2S2. The molecule has 124 valence electrons. The highest BCUT2D eigenvalue weighted by Crippen LogP contribution is 2.31. The predicted molar refractivity (Wildman–Crippen MR) is 101 cm³/mol. The first-order valence-electron chi connectivity index (χ1n) is 7.27. The lowest BCUT2D eigenvalue weighted by molar-refractivity contribution is 0.0602. The molecule has 0 aliphatic carbocycles. The number of aromatic nitrogens is 1. The molecule has 0 fully saturated rings. The first kappa shape index (κ1) is 16.6. The van der Waals surface area contributed by atoms with E-state index in [4.69, 9.17) is 10.5 Å². The van der Waals surface area contributed by atoms with Crippen LogP contribution in [-0.2, 0) is 11.3 Å². The van der Waals surface area contributed by atoms with Crippen LogP contribution in [0, 0.1) is 0 Å². The fraction of sp³-hybridized carbons (Fsp3) is 0.176. The van der Waals surface area contributed by atoms with Crippen LogP contribution in [0.25, 0.3) is 10.2 Å². The summed E-state index contributed by atoms with van der Waals surface area (Å²) in [5.74, 6) is -0.415. The monoisotopic (exact) mass is 359 g/mol. The van der Waals surface area contributed by atoms with Gasteiger partial charge in [-0.15, -0.1) is 11.3 Å². The lowest BCUT2D eigenvalue weighted by Crippen LogP contribution is -2.10. The third-order valence-electron chi connectivity index (χ3n) is 3.62. The van der Waals surface area contributed by atoms with Gasteiger partial charge in [-0.3, -0.25) is 0 Å². The first-order valence-corrected chi connectivity index (χ1v) is 9.31. The van der Waals surface area contributed by atoms with Crippen LogP contribution in [0.1, 0.15) is 15.9 Å². The van der Waals surface area contributed by atoms with Gasteiger partial charge in [0.05, 0.1) is 34.3 Å². The predicted octanol–water partition coefficient (Wildman–Crippen LogP) is 4.00. The van der Waals surface area contributed by atoms with Crippen LogP contribution in [0.4, 0.5) is 11.4 Å². The number of nitrogen functional groups attached to an aromatic ring is 1. The van der Waals surface area contributed by atoms with E-state index in [0.29, 0.717) is 23.5 Å². The molecule has 1 aromatic heterocycles. The molecule has 7 heteroatoms. The molecule has 0 aliphatic heterocycles. The zero-order chi connectivity index (χ0) is 17.1. The Hall–Kier alpha value is -2.25. The highest BCUT2D eigenvalue weighted by Gasteiger charge is 2.15. The zero-order valence-electron chi connectivity index (χ0n) is 13.3. The summed E-state index contributed by atoms with van der Waals surface area (Å²) in [7, 11) is 1.36. The standard InChI is InChI=1S/C17H17N3O2S2/c1-22-16(21)11-6-4-7-12(18)15(11)19-9-10-5-3-8-13-14(10)20-17(23-2)24-13/h3-8,19H,9,18H2,1-2H3. The number of anilines is 2. The number of carbonyl (C=O) groups is 1. The van der Waals surface area contributed by atoms with Crippen LogP contribution in [0.3, 0.4) is 0 Å². The Bertz CT molecular complexity index is 893. The van der Waals surface area contributed by atoms with Crippen LogP contribution < -0.4 is 11.1 Å². The maximum atomic E-state index is 11.9. The number of nitrogens with two attached hydrogens (primary N) is 1. The summed E-state index contributed by atoms with van der Waals surface area (Å²) in [6.07, 6.45) is 2.02. The second-order valence-corrected chi connectivity index (χ2v) is 7.15. The number of thioether (sulfide) groups is 1. The van der Waals surface area contributed by atoms with Crippen molar-refractivity contribution in [2.75, 3.05) is 24.4 Å². The topological polar surface area (TPSA) is 77.2 Å². The molecule has 0 spiro atoms. The molecule has 3 N–H and O–H groups in total. The Morgan fingerprint density at radius 3 is 2.88 bits per heavy atom. The minimum absolute atomic E-state index is 0.415. The maximum absolute atomic E-state index is 11.9. The third kappa shape index (κ3) is 3.18. The molecule has 3 rings (SSSR count). The quantitative estimate of drug-likeness (QED) is 0.407. The minimum atomic E-state index is -0.415. The molecule has 0 atom stereocenters. The molecule has 2 aromatic carbocycles. The normalized spacial score (nSPS) is 10.8. The van der Waals surface area contributed by atoms with Crippen molar-refractivity contribution < 1.29 is 9.53 Å². The van der Waals surface area contributed by atoms with Gasteiger partial charge in [-0.25, -0.2) is 9.78 Å². The van der Waals surface area contributed by atoms with E-state index < -0.39 is 5.97 Å². The van der Waals surface area contributed by atoms with E-state index in [-0.39, 0.29) is 0 Å². The van der Waals surface area contributed by atoms with Crippen LogP contribution >= 0.6 is 23.1 Å². The van der Waals surface area contributed by atoms with Gasteiger partial charge in [0, 0.05) is 6.54 Å². The number of nitrogens with zero attached hydrogens (tertiary/aromatic N) is 1. The average molecular weight is 359 g/mol. The molecule has 0 amide bonds. The Morgan fingerprint density at radius 2 is 2.12 bits per heavy atom. The Balaban J connectivity index is 1.92. The number of esters is 1. The molecule has 0 unspecified atom stereocenters. The minimum Gasteiger partial charge on any atom is -0.465 e. The van der Waals surface area contributed by atoms with Crippen molar-refractivity contribution >= 4 is 50.7 Å². The summed E-state index contributed by atoms with van der Waals surface area (Å²) in [6.45, 7) is 0.521. The first-order chi connectivity index (χ1) is 11.6. The fourth-order valence-electron chi connectivity index (χ4n) is 2.45. The van der Waals surface area contributed by atoms with Crippen molar-refractivity contribution in [3.63, 3.8) is 0 Å². The highest BCUT2D eigenvalue weighted by atomic mass is 32.2. The number of fused-ring (bicyclic) bond motifs is 1. The van der Waals surface area contributed by atoms with E-state index in [0.717, 1.165) is 20.1 Å². The van der Waals surface area contributed by atoms with Crippen LogP contribution in [-0.4, -0.2) is 24.3 Å². The summed E-state index contributed by atoms with van der Waals surface area (Å²) in [6, 6.07) is 11.3. The molecule has 0 saturated carbocycles. The van der Waals surface area contributed by atoms with Gasteiger partial charge in [0.1, 0.15) is 0 Å². The number of methoxy groups -OCH3 is 1. The number of hydrogen-bond donors (Lipinski definition) is 2. The summed E-state index contributed by atoms with van der Waals surface area (Å²) in [5, 5.41) is 3.26. The van der Waals surface area contributed by atoms with E-state index in [1.165, 1.54) is 7.11 Å². The molecular weight excluding hydrogens is 342 g/mol. The summed E-state index contributed by atoms with van der Waals surface area (Å²) in [4.78, 5) is 16.6. The zero-order valence-corrected chi connectivity index (χ0v) is 15.0. The molecule has 0 bridgehead atoms. The van der Waals surface area contributed by atoms with Crippen molar-refractivity contribution in [2.45, 2.75) is 10.9 Å². The van der Waals surface area contributed by atoms with Gasteiger partial charge in [0.2, 0.25) is 0 Å². The van der Waals surface area contributed by atoms with E-state index >= 15 is 0 Å². The second kappa shape index (κ2) is 7.11. The number of benzene rings is 2. The van der Waals surface area contributed by atoms with Gasteiger partial charge < -0.3 is 15.8 Å². The van der Waals surface area contributed by atoms with Gasteiger partial charge in [0.15, 0.2) is 4.34 Å². The number of thiazole rings is 1. The Kier molecular flexibility index (Phi) is 4.92. The van der Waals surface area contributed by atoms with Crippen molar-refractivity contribution in [3.8, 4) is 0 Å². The number of carbonyl (C=O) groups excluding carboxylic acids is 1. The van der Waals surface area contributed by atoms with Crippen molar-refractivity contribution in [1.82, 2.24) is 4.98 Å². The van der Waals surface area contributed by atoms with Crippen molar-refractivity contribution in [2.24, 2.45) is 0 Å². The molecule has 0 saturated heterocycles. The SMILES string of the molecule is COC(=O)c1cccc(N)c1NCc1cccc2sc(SC)nc12. The fourth-order valence-corrected chi connectivity index (χ4v) is 3.98. The highest BCUT2D eigenvalue weighted by molar-refractivity contribution is 8.00. The van der Waals surface area contributed by atoms with Crippen LogP contribution in [0.5, 0.6) is 0 Å². The Morgan fingerprint density at radius 1 is 1.33 bits per heavy atom. The second-order valence-electron chi connectivity index (χ2n) is 5.06. The largest absolute Gasteiger partial charge is 0.465 e. The maximum Gasteiger partial charge on any atom is 0.340 e. The van der Waals surface area contributed by atoms with Crippen LogP contribution in [0.2, 0.25) is 0 Å². The lowest BCUT2D eigenvalue weighted by atomic mass is 10.1. The number of hydrogen-bond acceptors (Lipinski definition) is 7. The van der Waals surface area contributed by atoms with E-state index in [9.17, 15) is 4.79 Å². The summed E-state index contributed by atoms with van der Waals surface area (Å²) < 4.78 is 7.00. The number of para-hydroxylation sites is 2. The van der Waals surface area contributed by atoms with Crippen molar-refractivity contribution in [1.29, 1.82) is 0 Å². The van der Waals surface area contributed by atoms with E-state index in [1.54, 1.807) is 41.3 Å². The number of nitrogens with one attached hydrogen (secondary N) is 1. The average Bonchev–Trinajstić information content (AvgIpc) is 3.03. The molecule has 5 nitrogen and oxygen atoms in total. The molecule has 0 aliphatic rings. The Labute approximate surface area is 148 Å². The van der Waals surface area contributed by atoms with Crippen molar-refractivity contribution in [3.05, 3.63) is 47.5 Å². The lowest BCUT2D eigenvalue weighted by Gasteiger charge is -2.13. The van der Waals surface area contributed by atoms with Gasteiger partial charge >= 0.3 is 5.97 Å². The smallest absolute Gasteiger partial charge is 0.340 e.